The van der Waals surface area contributed by atoms with Crippen molar-refractivity contribution in [2.45, 2.75) is 11.5 Å². The number of carbonyl (C=O) groups is 1. The molecule has 0 aromatic heterocycles. The summed E-state index contributed by atoms with van der Waals surface area (Å²) in [6.07, 6.45) is 0. The average Bonchev–Trinajstić information content (AvgIpc) is 2.51. The summed E-state index contributed by atoms with van der Waals surface area (Å²) < 4.78 is 89.5. The average molecular weight is 364 g/mol. The maximum Gasteiger partial charge on any atom is 0.344 e. The van der Waals surface area contributed by atoms with Crippen molar-refractivity contribution in [1.29, 1.82) is 0 Å². The van der Waals surface area contributed by atoms with Gasteiger partial charge in [0.1, 0.15) is 12.2 Å². The number of halogens is 4. The second-order valence-corrected chi connectivity index (χ2v) is 5.86. The highest BCUT2D eigenvalue weighted by atomic mass is 32.2. The fourth-order valence-electron chi connectivity index (χ4n) is 1.81. The number of rotatable bonds is 4. The van der Waals surface area contributed by atoms with Gasteiger partial charge in [-0.2, -0.15) is 8.42 Å². The molecule has 1 N–H and O–H groups in total. The third kappa shape index (κ3) is 3.39. The van der Waals surface area contributed by atoms with E-state index in [9.17, 15) is 30.8 Å². The standard InChI is InChI=1S/C14H8F4O5S/c15-9-8(14(19)23-6-7-4-2-1-3-5-7)10(16)12(18)13(11(9)17)24(20,21)22/h1-5H,6H2,(H,20,21,22). The Kier molecular flexibility index (Phi) is 4.90. The van der Waals surface area contributed by atoms with Crippen molar-refractivity contribution in [3.8, 4) is 0 Å². The molecule has 10 heteroatoms. The zero-order valence-electron chi connectivity index (χ0n) is 11.6. The van der Waals surface area contributed by atoms with E-state index in [1.54, 1.807) is 18.2 Å². The first-order valence-electron chi connectivity index (χ1n) is 6.19. The molecule has 0 amide bonds. The highest BCUT2D eigenvalue weighted by Crippen LogP contribution is 2.28. The fourth-order valence-corrected chi connectivity index (χ4v) is 2.44. The third-order valence-corrected chi connectivity index (χ3v) is 3.77. The summed E-state index contributed by atoms with van der Waals surface area (Å²) >= 11 is 0. The largest absolute Gasteiger partial charge is 0.457 e. The molecule has 0 spiro atoms. The molecule has 0 fully saturated rings. The van der Waals surface area contributed by atoms with Crippen molar-refractivity contribution in [2.75, 3.05) is 0 Å². The van der Waals surface area contributed by atoms with Gasteiger partial charge < -0.3 is 4.74 Å². The maximum absolute atomic E-state index is 13.8. The van der Waals surface area contributed by atoms with E-state index in [1.807, 2.05) is 0 Å². The summed E-state index contributed by atoms with van der Waals surface area (Å²) in [6.45, 7) is -0.443. The van der Waals surface area contributed by atoms with Crippen LogP contribution in [0.3, 0.4) is 0 Å². The van der Waals surface area contributed by atoms with Gasteiger partial charge in [-0.25, -0.2) is 22.4 Å². The van der Waals surface area contributed by atoms with Crippen molar-refractivity contribution in [1.82, 2.24) is 0 Å². The lowest BCUT2D eigenvalue weighted by molar-refractivity contribution is 0.0457. The second-order valence-electron chi connectivity index (χ2n) is 4.50. The first-order valence-corrected chi connectivity index (χ1v) is 7.63. The summed E-state index contributed by atoms with van der Waals surface area (Å²) in [5.74, 6) is -11.2. The SMILES string of the molecule is O=C(OCc1ccccc1)c1c(F)c(F)c(S(=O)(=O)O)c(F)c1F. The van der Waals surface area contributed by atoms with Gasteiger partial charge in [0.2, 0.25) is 0 Å². The number of hydrogen-bond donors (Lipinski definition) is 1. The molecule has 2 aromatic rings. The van der Waals surface area contributed by atoms with Crippen molar-refractivity contribution < 1.29 is 40.1 Å². The summed E-state index contributed by atoms with van der Waals surface area (Å²) in [7, 11) is -5.59. The zero-order valence-corrected chi connectivity index (χ0v) is 12.4. The predicted octanol–water partition coefficient (Wildman–Crippen LogP) is 2.85. The quantitative estimate of drug-likeness (QED) is 0.391. The first kappa shape index (κ1) is 17.9. The number of carbonyl (C=O) groups excluding carboxylic acids is 1. The normalized spacial score (nSPS) is 11.4. The van der Waals surface area contributed by atoms with E-state index in [0.717, 1.165) is 0 Å². The molecule has 0 radical (unpaired) electrons. The molecule has 0 saturated heterocycles. The van der Waals surface area contributed by atoms with Crippen LogP contribution in [0.4, 0.5) is 17.6 Å². The van der Waals surface area contributed by atoms with E-state index >= 15 is 0 Å². The minimum atomic E-state index is -5.59. The van der Waals surface area contributed by atoms with Gasteiger partial charge in [-0.1, -0.05) is 30.3 Å². The Balaban J connectivity index is 2.42. The van der Waals surface area contributed by atoms with Gasteiger partial charge in [-0.05, 0) is 5.56 Å². The second kappa shape index (κ2) is 6.57. The van der Waals surface area contributed by atoms with Crippen molar-refractivity contribution in [3.63, 3.8) is 0 Å². The first-order chi connectivity index (χ1) is 11.1. The molecule has 0 saturated carbocycles. The highest BCUT2D eigenvalue weighted by Gasteiger charge is 2.35. The maximum atomic E-state index is 13.8. The van der Waals surface area contributed by atoms with Crippen LogP contribution in [0.25, 0.3) is 0 Å². The van der Waals surface area contributed by atoms with Gasteiger partial charge in [-0.15, -0.1) is 0 Å². The van der Waals surface area contributed by atoms with Crippen LogP contribution < -0.4 is 0 Å². The number of hydrogen-bond acceptors (Lipinski definition) is 4. The minimum absolute atomic E-state index is 0.433. The monoisotopic (exact) mass is 364 g/mol. The van der Waals surface area contributed by atoms with E-state index < -0.39 is 56.4 Å². The Bertz CT molecular complexity index is 868. The molecule has 2 rings (SSSR count). The molecule has 24 heavy (non-hydrogen) atoms. The van der Waals surface area contributed by atoms with Gasteiger partial charge in [0.05, 0.1) is 0 Å². The summed E-state index contributed by atoms with van der Waals surface area (Å²) in [4.78, 5) is 9.45. The molecule has 0 unspecified atom stereocenters. The molecule has 0 aliphatic heterocycles. The lowest BCUT2D eigenvalue weighted by atomic mass is 10.1. The van der Waals surface area contributed by atoms with Gasteiger partial charge in [0, 0.05) is 0 Å². The van der Waals surface area contributed by atoms with Crippen molar-refractivity contribution >= 4 is 16.1 Å². The van der Waals surface area contributed by atoms with Crippen LogP contribution >= 0.6 is 0 Å². The molecule has 0 heterocycles. The van der Waals surface area contributed by atoms with Crippen LogP contribution in [0.2, 0.25) is 0 Å². The number of esters is 1. The summed E-state index contributed by atoms with van der Waals surface area (Å²) in [5, 5.41) is 0. The molecule has 0 aliphatic rings. The lowest BCUT2D eigenvalue weighted by Crippen LogP contribution is -2.17. The van der Waals surface area contributed by atoms with Crippen LogP contribution in [0.1, 0.15) is 15.9 Å². The molecule has 5 nitrogen and oxygen atoms in total. The lowest BCUT2D eigenvalue weighted by Gasteiger charge is -2.10. The molecular formula is C14H8F4O5S. The Morgan fingerprint density at radius 3 is 1.92 bits per heavy atom. The van der Waals surface area contributed by atoms with Crippen molar-refractivity contribution in [2.24, 2.45) is 0 Å². The molecule has 0 atom stereocenters. The predicted molar refractivity (Wildman–Crippen MR) is 71.7 cm³/mol. The number of benzene rings is 2. The molecule has 0 bridgehead atoms. The Hall–Kier alpha value is -2.46. The Morgan fingerprint density at radius 1 is 0.958 bits per heavy atom. The molecule has 2 aromatic carbocycles. The Labute approximate surface area is 133 Å². The van der Waals surface area contributed by atoms with E-state index in [2.05, 4.69) is 4.74 Å². The Morgan fingerprint density at radius 2 is 1.46 bits per heavy atom. The minimum Gasteiger partial charge on any atom is -0.457 e. The fraction of sp³-hybridized carbons (Fsp3) is 0.0714. The van der Waals surface area contributed by atoms with Gasteiger partial charge in [0.25, 0.3) is 0 Å². The smallest absolute Gasteiger partial charge is 0.344 e. The van der Waals surface area contributed by atoms with E-state index in [0.29, 0.717) is 5.56 Å². The molecule has 0 aliphatic carbocycles. The number of ether oxygens (including phenoxy) is 1. The summed E-state index contributed by atoms with van der Waals surface area (Å²) in [6, 6.07) is 7.86. The van der Waals surface area contributed by atoms with Crippen LogP contribution in [-0.2, 0) is 21.5 Å². The third-order valence-electron chi connectivity index (χ3n) is 2.90. The van der Waals surface area contributed by atoms with Crippen LogP contribution in [0.5, 0.6) is 0 Å². The molecule has 128 valence electrons. The van der Waals surface area contributed by atoms with Gasteiger partial charge >= 0.3 is 16.1 Å². The van der Waals surface area contributed by atoms with Crippen LogP contribution in [0.15, 0.2) is 35.2 Å². The topological polar surface area (TPSA) is 80.7 Å². The van der Waals surface area contributed by atoms with E-state index in [1.165, 1.54) is 12.1 Å². The van der Waals surface area contributed by atoms with Crippen molar-refractivity contribution in [3.05, 3.63) is 64.7 Å². The van der Waals surface area contributed by atoms with Gasteiger partial charge in [-0.3, -0.25) is 4.55 Å². The van der Waals surface area contributed by atoms with Gasteiger partial charge in [0.15, 0.2) is 28.2 Å². The van der Waals surface area contributed by atoms with E-state index in [4.69, 9.17) is 4.55 Å². The van der Waals surface area contributed by atoms with Crippen LogP contribution in [-0.4, -0.2) is 18.9 Å². The van der Waals surface area contributed by atoms with E-state index in [-0.39, 0.29) is 0 Å². The summed E-state index contributed by atoms with van der Waals surface area (Å²) in [5.41, 5.74) is -1.31. The zero-order chi connectivity index (χ0) is 18.1. The highest BCUT2D eigenvalue weighted by molar-refractivity contribution is 7.85. The van der Waals surface area contributed by atoms with Crippen LogP contribution in [0, 0.1) is 23.3 Å². The molecular weight excluding hydrogens is 356 g/mol.